The molecule has 35 heavy (non-hydrogen) atoms. The van der Waals surface area contributed by atoms with Crippen LogP contribution >= 0.6 is 23.1 Å². The van der Waals surface area contributed by atoms with E-state index in [0.717, 1.165) is 22.7 Å². The number of alkyl halides is 3. The molecule has 0 atom stereocenters. The van der Waals surface area contributed by atoms with Crippen LogP contribution in [0.2, 0.25) is 0 Å². The van der Waals surface area contributed by atoms with Crippen molar-refractivity contribution in [2.75, 3.05) is 0 Å². The lowest BCUT2D eigenvalue weighted by atomic mass is 10.0. The molecule has 2 aromatic carbocycles. The van der Waals surface area contributed by atoms with Crippen LogP contribution in [0.1, 0.15) is 27.3 Å². The molecule has 2 aromatic heterocycles. The van der Waals surface area contributed by atoms with E-state index in [-0.39, 0.29) is 29.8 Å². The average Bonchev–Trinajstić information content (AvgIpc) is 3.52. The Labute approximate surface area is 206 Å². The number of amides is 2. The number of thiazole rings is 1. The van der Waals surface area contributed by atoms with Crippen LogP contribution < -0.4 is 0 Å². The maximum absolute atomic E-state index is 13.5. The van der Waals surface area contributed by atoms with Gasteiger partial charge < -0.3 is 0 Å². The van der Waals surface area contributed by atoms with Crippen molar-refractivity contribution in [2.45, 2.75) is 26.2 Å². The van der Waals surface area contributed by atoms with Gasteiger partial charge in [-0.2, -0.15) is 18.3 Å². The van der Waals surface area contributed by atoms with Gasteiger partial charge in [-0.05, 0) is 54.1 Å². The van der Waals surface area contributed by atoms with Crippen molar-refractivity contribution in [1.82, 2.24) is 19.7 Å². The number of halogens is 3. The summed E-state index contributed by atoms with van der Waals surface area (Å²) >= 11 is 2.23. The van der Waals surface area contributed by atoms with Gasteiger partial charge >= 0.3 is 6.18 Å². The molecule has 3 heterocycles. The Morgan fingerprint density at radius 1 is 1.09 bits per heavy atom. The van der Waals surface area contributed by atoms with Crippen LogP contribution in [0.5, 0.6) is 0 Å². The normalized spacial score (nSPS) is 15.7. The van der Waals surface area contributed by atoms with Gasteiger partial charge in [-0.15, -0.1) is 11.3 Å². The summed E-state index contributed by atoms with van der Waals surface area (Å²) < 4.78 is 42.1. The van der Waals surface area contributed by atoms with Crippen molar-refractivity contribution in [1.29, 1.82) is 0 Å². The molecule has 0 unspecified atom stereocenters. The van der Waals surface area contributed by atoms with E-state index in [1.54, 1.807) is 55.0 Å². The van der Waals surface area contributed by atoms with Crippen LogP contribution in [0, 0.1) is 6.92 Å². The van der Waals surface area contributed by atoms with Gasteiger partial charge in [0.2, 0.25) is 0 Å². The Bertz CT molecular complexity index is 1480. The first kappa shape index (κ1) is 23.3. The molecule has 2 amide bonds. The van der Waals surface area contributed by atoms with Crippen LogP contribution in [0.25, 0.3) is 17.0 Å². The zero-order valence-corrected chi connectivity index (χ0v) is 19.9. The van der Waals surface area contributed by atoms with Crippen molar-refractivity contribution in [2.24, 2.45) is 0 Å². The Morgan fingerprint density at radius 3 is 2.66 bits per heavy atom. The number of carbonyl (C=O) groups is 2. The number of carbonyl (C=O) groups excluding carboxylic acids is 2. The highest BCUT2D eigenvalue weighted by atomic mass is 32.2. The third-order valence-corrected chi connectivity index (χ3v) is 7.18. The summed E-state index contributed by atoms with van der Waals surface area (Å²) in [6, 6.07) is 9.54. The van der Waals surface area contributed by atoms with E-state index in [2.05, 4.69) is 10.1 Å². The number of benzene rings is 2. The number of aromatic nitrogens is 3. The lowest BCUT2D eigenvalue weighted by Gasteiger charge is -2.14. The van der Waals surface area contributed by atoms with Crippen molar-refractivity contribution in [3.05, 3.63) is 86.3 Å². The highest BCUT2D eigenvalue weighted by Gasteiger charge is 2.36. The lowest BCUT2D eigenvalue weighted by Crippen LogP contribution is -2.27. The molecule has 0 spiro atoms. The molecule has 4 aromatic rings. The molecule has 11 heteroatoms. The molecule has 1 fully saturated rings. The maximum Gasteiger partial charge on any atom is 0.416 e. The first-order chi connectivity index (χ1) is 16.7. The highest BCUT2D eigenvalue weighted by molar-refractivity contribution is 8.18. The smallest absolute Gasteiger partial charge is 0.268 e. The van der Waals surface area contributed by atoms with Gasteiger partial charge in [-0.3, -0.25) is 19.2 Å². The molecular formula is C24H17F3N4O2S2. The lowest BCUT2D eigenvalue weighted by molar-refractivity contribution is -0.138. The van der Waals surface area contributed by atoms with Gasteiger partial charge in [0.15, 0.2) is 0 Å². The molecule has 0 saturated carbocycles. The summed E-state index contributed by atoms with van der Waals surface area (Å²) in [4.78, 5) is 30.6. The third-order valence-electron chi connectivity index (χ3n) is 5.50. The van der Waals surface area contributed by atoms with Gasteiger partial charge in [0, 0.05) is 17.0 Å². The topological polar surface area (TPSA) is 68.1 Å². The minimum atomic E-state index is -4.46. The molecule has 0 N–H and O–H groups in total. The Morgan fingerprint density at radius 2 is 1.91 bits per heavy atom. The van der Waals surface area contributed by atoms with Crippen LogP contribution in [0.15, 0.2) is 59.1 Å². The third kappa shape index (κ3) is 4.73. The monoisotopic (exact) mass is 514 g/mol. The Hall–Kier alpha value is -3.44. The summed E-state index contributed by atoms with van der Waals surface area (Å²) in [5.74, 6) is -0.384. The van der Waals surface area contributed by atoms with Gasteiger partial charge in [0.1, 0.15) is 5.01 Å². The number of aryl methyl sites for hydroxylation is 1. The molecule has 0 radical (unpaired) electrons. The van der Waals surface area contributed by atoms with Crippen molar-refractivity contribution in [3.63, 3.8) is 0 Å². The summed E-state index contributed by atoms with van der Waals surface area (Å²) in [5.41, 5.74) is 1.33. The second-order valence-corrected chi connectivity index (χ2v) is 9.94. The number of thioether (sulfide) groups is 1. The highest BCUT2D eigenvalue weighted by Crippen LogP contribution is 2.35. The molecule has 6 nitrogen and oxygen atoms in total. The van der Waals surface area contributed by atoms with Crippen LogP contribution in [0.4, 0.5) is 18.0 Å². The standard InChI is InChI=1S/C24H17F3N4O2S2/c1-14-2-4-16(18(8-14)24(25,26)27)12-31-19-5-3-15(9-17(19)11-29-31)10-20-22(32)30(23(33)35-20)13-21-28-6-7-34-21/h2-11H,12-13H2,1H3/b20-10-. The molecule has 178 valence electrons. The predicted molar refractivity (Wildman–Crippen MR) is 129 cm³/mol. The largest absolute Gasteiger partial charge is 0.416 e. The second kappa shape index (κ2) is 8.97. The average molecular weight is 515 g/mol. The van der Waals surface area contributed by atoms with Gasteiger partial charge in [0.25, 0.3) is 11.1 Å². The SMILES string of the molecule is Cc1ccc(Cn2ncc3cc(/C=C4\SC(=O)N(Cc5nccs5)C4=O)ccc32)c(C(F)(F)F)c1. The van der Waals surface area contributed by atoms with Crippen LogP contribution in [0.3, 0.4) is 0 Å². The summed E-state index contributed by atoms with van der Waals surface area (Å²) in [5, 5.41) is 7.08. The van der Waals surface area contributed by atoms with Gasteiger partial charge in [-0.25, -0.2) is 4.98 Å². The van der Waals surface area contributed by atoms with E-state index in [0.29, 0.717) is 31.9 Å². The van der Waals surface area contributed by atoms with Crippen LogP contribution in [-0.2, 0) is 24.1 Å². The van der Waals surface area contributed by atoms with Gasteiger partial charge in [0.05, 0.1) is 35.3 Å². The van der Waals surface area contributed by atoms with E-state index in [9.17, 15) is 22.8 Å². The summed E-state index contributed by atoms with van der Waals surface area (Å²) in [6.45, 7) is 1.72. The predicted octanol–water partition coefficient (Wildman–Crippen LogP) is 6.10. The fourth-order valence-corrected chi connectivity index (χ4v) is 5.27. The van der Waals surface area contributed by atoms with E-state index in [1.807, 2.05) is 0 Å². The van der Waals surface area contributed by atoms with E-state index in [1.165, 1.54) is 22.1 Å². The van der Waals surface area contributed by atoms with E-state index >= 15 is 0 Å². The van der Waals surface area contributed by atoms with Crippen molar-refractivity contribution >= 4 is 51.2 Å². The Balaban J connectivity index is 1.40. The molecule has 1 saturated heterocycles. The molecule has 1 aliphatic heterocycles. The quantitative estimate of drug-likeness (QED) is 0.301. The zero-order valence-electron chi connectivity index (χ0n) is 18.2. The molecule has 5 rings (SSSR count). The first-order valence-corrected chi connectivity index (χ1v) is 12.1. The maximum atomic E-state index is 13.5. The molecular weight excluding hydrogens is 497 g/mol. The minimum Gasteiger partial charge on any atom is -0.268 e. The van der Waals surface area contributed by atoms with Crippen molar-refractivity contribution < 1.29 is 22.8 Å². The number of imide groups is 1. The van der Waals surface area contributed by atoms with E-state index < -0.39 is 11.7 Å². The number of nitrogens with zero attached hydrogens (tertiary/aromatic N) is 4. The first-order valence-electron chi connectivity index (χ1n) is 10.4. The zero-order chi connectivity index (χ0) is 24.7. The fraction of sp³-hybridized carbons (Fsp3) is 0.167. The number of hydrogen-bond donors (Lipinski definition) is 0. The number of fused-ring (bicyclic) bond motifs is 1. The summed E-state index contributed by atoms with van der Waals surface area (Å²) in [7, 11) is 0. The number of hydrogen-bond acceptors (Lipinski definition) is 6. The van der Waals surface area contributed by atoms with Crippen molar-refractivity contribution in [3.8, 4) is 0 Å². The molecule has 1 aliphatic rings. The number of rotatable bonds is 5. The van der Waals surface area contributed by atoms with E-state index in [4.69, 9.17) is 0 Å². The van der Waals surface area contributed by atoms with Crippen LogP contribution in [-0.4, -0.2) is 30.8 Å². The summed E-state index contributed by atoms with van der Waals surface area (Å²) in [6.07, 6.45) is 0.362. The van der Waals surface area contributed by atoms with Gasteiger partial charge in [-0.1, -0.05) is 23.8 Å². The molecule has 0 bridgehead atoms. The molecule has 0 aliphatic carbocycles. The minimum absolute atomic E-state index is 0.0341. The Kier molecular flexibility index (Phi) is 5.97. The fourth-order valence-electron chi connectivity index (χ4n) is 3.83. The second-order valence-electron chi connectivity index (χ2n) is 7.97.